The molecule has 1 aliphatic carbocycles. The zero-order valence-corrected chi connectivity index (χ0v) is 12.5. The van der Waals surface area contributed by atoms with Crippen molar-refractivity contribution in [3.63, 3.8) is 0 Å². The molecular formula is C15H32N2. The second-order valence-electron chi connectivity index (χ2n) is 6.44. The SMILES string of the molecule is CC(CNC(C)C)CN(C)C1CCCCC1C. The van der Waals surface area contributed by atoms with E-state index in [1.807, 2.05) is 0 Å². The van der Waals surface area contributed by atoms with Crippen molar-refractivity contribution in [1.82, 2.24) is 10.2 Å². The van der Waals surface area contributed by atoms with Gasteiger partial charge in [0.2, 0.25) is 0 Å². The van der Waals surface area contributed by atoms with Crippen molar-refractivity contribution in [2.75, 3.05) is 20.1 Å². The van der Waals surface area contributed by atoms with Crippen LogP contribution in [0, 0.1) is 11.8 Å². The minimum atomic E-state index is 0.608. The highest BCUT2D eigenvalue weighted by atomic mass is 15.1. The Labute approximate surface area is 108 Å². The van der Waals surface area contributed by atoms with Crippen LogP contribution in [0.1, 0.15) is 53.4 Å². The Kier molecular flexibility index (Phi) is 6.50. The van der Waals surface area contributed by atoms with Gasteiger partial charge >= 0.3 is 0 Å². The third kappa shape index (κ3) is 5.39. The number of rotatable bonds is 6. The molecule has 0 aromatic rings. The maximum Gasteiger partial charge on any atom is 0.0118 e. The first kappa shape index (κ1) is 15.0. The fourth-order valence-electron chi connectivity index (χ4n) is 3.08. The van der Waals surface area contributed by atoms with Gasteiger partial charge in [-0.25, -0.2) is 0 Å². The van der Waals surface area contributed by atoms with Gasteiger partial charge in [0, 0.05) is 18.6 Å². The van der Waals surface area contributed by atoms with E-state index in [-0.39, 0.29) is 0 Å². The highest BCUT2D eigenvalue weighted by molar-refractivity contribution is 4.80. The van der Waals surface area contributed by atoms with Crippen molar-refractivity contribution >= 4 is 0 Å². The molecule has 0 heterocycles. The Balaban J connectivity index is 2.29. The lowest BCUT2D eigenvalue weighted by atomic mass is 9.85. The first-order chi connectivity index (χ1) is 8.00. The van der Waals surface area contributed by atoms with Crippen molar-refractivity contribution in [3.8, 4) is 0 Å². The Morgan fingerprint density at radius 2 is 1.82 bits per heavy atom. The zero-order valence-electron chi connectivity index (χ0n) is 12.5. The molecule has 0 bridgehead atoms. The minimum absolute atomic E-state index is 0.608. The molecule has 0 radical (unpaired) electrons. The van der Waals surface area contributed by atoms with Crippen molar-refractivity contribution < 1.29 is 0 Å². The van der Waals surface area contributed by atoms with E-state index >= 15 is 0 Å². The predicted molar refractivity (Wildman–Crippen MR) is 76.4 cm³/mol. The molecule has 1 saturated carbocycles. The summed E-state index contributed by atoms with van der Waals surface area (Å²) in [6.07, 6.45) is 5.70. The Morgan fingerprint density at radius 1 is 1.18 bits per heavy atom. The van der Waals surface area contributed by atoms with E-state index in [4.69, 9.17) is 0 Å². The maximum absolute atomic E-state index is 3.54. The second-order valence-corrected chi connectivity index (χ2v) is 6.44. The lowest BCUT2D eigenvalue weighted by Crippen LogP contribution is -2.43. The Hall–Kier alpha value is -0.0800. The molecule has 3 atom stereocenters. The van der Waals surface area contributed by atoms with Crippen molar-refractivity contribution in [2.24, 2.45) is 11.8 Å². The molecule has 0 aromatic carbocycles. The smallest absolute Gasteiger partial charge is 0.0118 e. The van der Waals surface area contributed by atoms with Gasteiger partial charge in [-0.3, -0.25) is 0 Å². The van der Waals surface area contributed by atoms with Crippen LogP contribution in [0.4, 0.5) is 0 Å². The van der Waals surface area contributed by atoms with Gasteiger partial charge in [-0.05, 0) is 38.3 Å². The summed E-state index contributed by atoms with van der Waals surface area (Å²) in [6.45, 7) is 11.6. The topological polar surface area (TPSA) is 15.3 Å². The van der Waals surface area contributed by atoms with Crippen LogP contribution in [-0.2, 0) is 0 Å². The number of nitrogens with zero attached hydrogens (tertiary/aromatic N) is 1. The van der Waals surface area contributed by atoms with Crippen LogP contribution in [0.15, 0.2) is 0 Å². The standard InChI is InChI=1S/C15H32N2/c1-12(2)16-10-13(3)11-17(5)15-9-7-6-8-14(15)4/h12-16H,6-11H2,1-5H3. The van der Waals surface area contributed by atoms with Gasteiger partial charge in [0.15, 0.2) is 0 Å². The summed E-state index contributed by atoms with van der Waals surface area (Å²) in [5.74, 6) is 1.63. The van der Waals surface area contributed by atoms with E-state index in [0.29, 0.717) is 6.04 Å². The molecule has 3 unspecified atom stereocenters. The van der Waals surface area contributed by atoms with Crippen molar-refractivity contribution in [1.29, 1.82) is 0 Å². The normalized spacial score (nSPS) is 27.7. The molecule has 2 heteroatoms. The van der Waals surface area contributed by atoms with Gasteiger partial charge in [0.05, 0.1) is 0 Å². The third-order valence-corrected chi connectivity index (χ3v) is 4.11. The lowest BCUT2D eigenvalue weighted by molar-refractivity contribution is 0.123. The molecule has 1 rings (SSSR count). The van der Waals surface area contributed by atoms with Crippen molar-refractivity contribution in [3.05, 3.63) is 0 Å². The van der Waals surface area contributed by atoms with Crippen LogP contribution in [0.3, 0.4) is 0 Å². The summed E-state index contributed by atoms with van der Waals surface area (Å²) in [6, 6.07) is 1.43. The molecule has 0 aromatic heterocycles. The second kappa shape index (κ2) is 7.38. The van der Waals surface area contributed by atoms with Crippen LogP contribution in [0.5, 0.6) is 0 Å². The fourth-order valence-corrected chi connectivity index (χ4v) is 3.08. The summed E-state index contributed by atoms with van der Waals surface area (Å²) in [7, 11) is 2.32. The maximum atomic E-state index is 3.54. The van der Waals surface area contributed by atoms with E-state index < -0.39 is 0 Å². The van der Waals surface area contributed by atoms with E-state index in [1.54, 1.807) is 0 Å². The van der Waals surface area contributed by atoms with Gasteiger partial charge < -0.3 is 10.2 Å². The molecule has 2 nitrogen and oxygen atoms in total. The van der Waals surface area contributed by atoms with Crippen LogP contribution in [0.2, 0.25) is 0 Å². The highest BCUT2D eigenvalue weighted by Crippen LogP contribution is 2.27. The number of hydrogen-bond acceptors (Lipinski definition) is 2. The van der Waals surface area contributed by atoms with Gasteiger partial charge in [-0.1, -0.05) is 40.5 Å². The van der Waals surface area contributed by atoms with Gasteiger partial charge in [0.25, 0.3) is 0 Å². The summed E-state index contributed by atoms with van der Waals surface area (Å²) in [5.41, 5.74) is 0. The quantitative estimate of drug-likeness (QED) is 0.767. The molecule has 0 spiro atoms. The lowest BCUT2D eigenvalue weighted by Gasteiger charge is -2.37. The highest BCUT2D eigenvalue weighted by Gasteiger charge is 2.25. The van der Waals surface area contributed by atoms with Crippen LogP contribution in [0.25, 0.3) is 0 Å². The molecule has 102 valence electrons. The first-order valence-corrected chi connectivity index (χ1v) is 7.44. The molecule has 0 amide bonds. The summed E-state index contributed by atoms with van der Waals surface area (Å²) >= 11 is 0. The van der Waals surface area contributed by atoms with Crippen LogP contribution >= 0.6 is 0 Å². The van der Waals surface area contributed by atoms with Crippen LogP contribution in [-0.4, -0.2) is 37.1 Å². The molecule has 1 fully saturated rings. The number of hydrogen-bond donors (Lipinski definition) is 1. The molecule has 1 N–H and O–H groups in total. The van der Waals surface area contributed by atoms with E-state index in [9.17, 15) is 0 Å². The van der Waals surface area contributed by atoms with Crippen LogP contribution < -0.4 is 5.32 Å². The van der Waals surface area contributed by atoms with Gasteiger partial charge in [0.1, 0.15) is 0 Å². The molecule has 0 aliphatic heterocycles. The fraction of sp³-hybridized carbons (Fsp3) is 1.00. The van der Waals surface area contributed by atoms with E-state index in [2.05, 4.69) is 45.0 Å². The average Bonchev–Trinajstić information content (AvgIpc) is 2.26. The Bertz CT molecular complexity index is 203. The molecule has 0 saturated heterocycles. The molecule has 17 heavy (non-hydrogen) atoms. The summed E-state index contributed by atoms with van der Waals surface area (Å²) in [5, 5.41) is 3.54. The zero-order chi connectivity index (χ0) is 12.8. The van der Waals surface area contributed by atoms with Gasteiger partial charge in [-0.2, -0.15) is 0 Å². The molecular weight excluding hydrogens is 208 g/mol. The number of nitrogens with one attached hydrogen (secondary N) is 1. The summed E-state index contributed by atoms with van der Waals surface area (Å²) in [4.78, 5) is 2.61. The average molecular weight is 240 g/mol. The van der Waals surface area contributed by atoms with Crippen molar-refractivity contribution in [2.45, 2.75) is 65.5 Å². The molecule has 1 aliphatic rings. The summed E-state index contributed by atoms with van der Waals surface area (Å²) < 4.78 is 0. The van der Waals surface area contributed by atoms with Gasteiger partial charge in [-0.15, -0.1) is 0 Å². The third-order valence-electron chi connectivity index (χ3n) is 4.11. The monoisotopic (exact) mass is 240 g/mol. The minimum Gasteiger partial charge on any atom is -0.314 e. The Morgan fingerprint density at radius 3 is 2.41 bits per heavy atom. The van der Waals surface area contributed by atoms with E-state index in [0.717, 1.165) is 24.4 Å². The first-order valence-electron chi connectivity index (χ1n) is 7.44. The predicted octanol–water partition coefficient (Wildman–Crippen LogP) is 3.13. The largest absolute Gasteiger partial charge is 0.314 e. The van der Waals surface area contributed by atoms with E-state index in [1.165, 1.54) is 32.2 Å².